The first-order chi connectivity index (χ1) is 12.7. The third-order valence-electron chi connectivity index (χ3n) is 6.80. The number of nitrogens with two attached hydrogens (primary N) is 2. The van der Waals surface area contributed by atoms with E-state index in [0.717, 1.165) is 25.9 Å². The molecule has 0 aromatic carbocycles. The van der Waals surface area contributed by atoms with Crippen molar-refractivity contribution in [2.24, 2.45) is 28.7 Å². The van der Waals surface area contributed by atoms with Gasteiger partial charge in [0, 0.05) is 31.7 Å². The number of amides is 1. The average Bonchev–Trinajstić information content (AvgIpc) is 2.61. The molecule has 2 aliphatic heterocycles. The van der Waals surface area contributed by atoms with Crippen molar-refractivity contribution in [1.82, 2.24) is 20.9 Å². The van der Waals surface area contributed by atoms with Crippen LogP contribution in [0.15, 0.2) is 0 Å². The van der Waals surface area contributed by atoms with Crippen LogP contribution in [0.3, 0.4) is 0 Å². The number of primary amides is 1. The van der Waals surface area contributed by atoms with E-state index in [1.165, 1.54) is 25.7 Å². The average molecular weight is 381 g/mol. The molecule has 7 nitrogen and oxygen atoms in total. The lowest BCUT2D eigenvalue weighted by molar-refractivity contribution is -0.124. The minimum absolute atomic E-state index is 0.0476. The van der Waals surface area contributed by atoms with Gasteiger partial charge in [0.25, 0.3) is 0 Å². The lowest BCUT2D eigenvalue weighted by Crippen LogP contribution is -2.72. The van der Waals surface area contributed by atoms with Gasteiger partial charge in [0.15, 0.2) is 0 Å². The second-order valence-corrected chi connectivity index (χ2v) is 9.95. The van der Waals surface area contributed by atoms with Crippen LogP contribution in [-0.2, 0) is 4.79 Å². The van der Waals surface area contributed by atoms with Crippen LogP contribution in [0, 0.1) is 17.3 Å². The fourth-order valence-corrected chi connectivity index (χ4v) is 5.02. The number of rotatable bonds is 4. The topological polar surface area (TPSA) is 108 Å². The molecule has 0 radical (unpaired) electrons. The summed E-state index contributed by atoms with van der Waals surface area (Å²) in [6, 6.07) is 0.665. The lowest BCUT2D eigenvalue weighted by atomic mass is 9.71. The van der Waals surface area contributed by atoms with Crippen LogP contribution in [0.4, 0.5) is 0 Å². The molecular formula is C20H40N6O. The molecule has 0 spiro atoms. The summed E-state index contributed by atoms with van der Waals surface area (Å²) in [4.78, 5) is 14.4. The molecule has 0 aromatic heterocycles. The summed E-state index contributed by atoms with van der Waals surface area (Å²) in [5.74, 6) is 0.229. The van der Waals surface area contributed by atoms with Crippen LogP contribution in [0.1, 0.15) is 59.3 Å². The molecule has 6 unspecified atom stereocenters. The zero-order valence-corrected chi connectivity index (χ0v) is 17.3. The Balaban J connectivity index is 1.63. The smallest absolute Gasteiger partial charge is 0.224 e. The standard InChI is InChI=1S/C20H40N6O/c1-20(2,3)13-6-4-8-15(10-13)24-18-16(17(22)27)11-23-19(25-18)26-9-5-7-14(21)12-26/h13-16,18-19,23-25H,4-12,21H2,1-3H3,(H2,22,27). The molecule has 2 heterocycles. The highest BCUT2D eigenvalue weighted by molar-refractivity contribution is 5.77. The van der Waals surface area contributed by atoms with Crippen molar-refractivity contribution < 1.29 is 4.79 Å². The number of hydrogen-bond acceptors (Lipinski definition) is 6. The molecule has 0 bridgehead atoms. The summed E-state index contributed by atoms with van der Waals surface area (Å²) in [7, 11) is 0. The number of piperidine rings is 1. The van der Waals surface area contributed by atoms with E-state index in [9.17, 15) is 4.79 Å². The molecule has 3 aliphatic rings. The van der Waals surface area contributed by atoms with E-state index >= 15 is 0 Å². The Morgan fingerprint density at radius 1 is 1.19 bits per heavy atom. The van der Waals surface area contributed by atoms with Crippen LogP contribution in [-0.4, -0.2) is 55.0 Å². The van der Waals surface area contributed by atoms with Gasteiger partial charge in [-0.25, -0.2) is 0 Å². The van der Waals surface area contributed by atoms with Gasteiger partial charge in [-0.3, -0.25) is 25.6 Å². The fourth-order valence-electron chi connectivity index (χ4n) is 5.02. The van der Waals surface area contributed by atoms with Crippen molar-refractivity contribution in [3.05, 3.63) is 0 Å². The predicted molar refractivity (Wildman–Crippen MR) is 109 cm³/mol. The van der Waals surface area contributed by atoms with Gasteiger partial charge in [0.2, 0.25) is 5.91 Å². The second kappa shape index (κ2) is 8.74. The minimum atomic E-state index is -0.246. The first-order valence-corrected chi connectivity index (χ1v) is 10.8. The van der Waals surface area contributed by atoms with Crippen LogP contribution in [0.2, 0.25) is 0 Å². The zero-order valence-electron chi connectivity index (χ0n) is 17.3. The third-order valence-corrected chi connectivity index (χ3v) is 6.80. The summed E-state index contributed by atoms with van der Waals surface area (Å²) < 4.78 is 0. The minimum Gasteiger partial charge on any atom is -0.369 e. The van der Waals surface area contributed by atoms with E-state index < -0.39 is 0 Å². The van der Waals surface area contributed by atoms with Crippen molar-refractivity contribution in [2.45, 2.75) is 83.8 Å². The molecule has 156 valence electrons. The van der Waals surface area contributed by atoms with E-state index in [0.29, 0.717) is 23.9 Å². The van der Waals surface area contributed by atoms with E-state index in [4.69, 9.17) is 11.5 Å². The Hall–Kier alpha value is -0.730. The van der Waals surface area contributed by atoms with Gasteiger partial charge in [0.1, 0.15) is 6.29 Å². The number of nitrogens with one attached hydrogen (secondary N) is 3. The van der Waals surface area contributed by atoms with Crippen LogP contribution in [0.5, 0.6) is 0 Å². The zero-order chi connectivity index (χ0) is 19.6. The van der Waals surface area contributed by atoms with Crippen molar-refractivity contribution in [3.8, 4) is 0 Å². The first kappa shape index (κ1) is 21.0. The van der Waals surface area contributed by atoms with E-state index in [1.54, 1.807) is 0 Å². The monoisotopic (exact) mass is 380 g/mol. The summed E-state index contributed by atoms with van der Waals surface area (Å²) in [5.41, 5.74) is 12.2. The van der Waals surface area contributed by atoms with Crippen molar-refractivity contribution in [1.29, 1.82) is 0 Å². The van der Waals surface area contributed by atoms with Gasteiger partial charge < -0.3 is 11.5 Å². The molecule has 1 amide bonds. The van der Waals surface area contributed by atoms with E-state index in [-0.39, 0.29) is 30.3 Å². The molecular weight excluding hydrogens is 340 g/mol. The molecule has 3 fully saturated rings. The maximum absolute atomic E-state index is 12.0. The van der Waals surface area contributed by atoms with Gasteiger partial charge in [-0.1, -0.05) is 27.2 Å². The lowest BCUT2D eigenvalue weighted by Gasteiger charge is -2.46. The molecule has 1 aliphatic carbocycles. The van der Waals surface area contributed by atoms with Gasteiger partial charge in [-0.15, -0.1) is 0 Å². The first-order valence-electron chi connectivity index (χ1n) is 10.8. The second-order valence-electron chi connectivity index (χ2n) is 9.95. The van der Waals surface area contributed by atoms with Gasteiger partial charge in [-0.2, -0.15) is 0 Å². The SMILES string of the molecule is CC(C)(C)C1CCCC(NC2NC(N3CCCC(N)C3)NCC2C(N)=O)C1. The Labute approximate surface area is 164 Å². The third kappa shape index (κ3) is 5.41. The molecule has 27 heavy (non-hydrogen) atoms. The normalized spacial score (nSPS) is 39.3. The number of carbonyl (C=O) groups is 1. The summed E-state index contributed by atoms with van der Waals surface area (Å²) in [5, 5.41) is 10.8. The highest BCUT2D eigenvalue weighted by atomic mass is 16.1. The highest BCUT2D eigenvalue weighted by Gasteiger charge is 2.39. The Morgan fingerprint density at radius 2 is 1.96 bits per heavy atom. The van der Waals surface area contributed by atoms with Crippen LogP contribution >= 0.6 is 0 Å². The molecule has 0 aromatic rings. The predicted octanol–water partition coefficient (Wildman–Crippen LogP) is 0.508. The Morgan fingerprint density at radius 3 is 2.63 bits per heavy atom. The Bertz CT molecular complexity index is 507. The maximum atomic E-state index is 12.0. The molecule has 1 saturated carbocycles. The van der Waals surface area contributed by atoms with E-state index in [2.05, 4.69) is 41.6 Å². The maximum Gasteiger partial charge on any atom is 0.224 e. The fraction of sp³-hybridized carbons (Fsp3) is 0.950. The van der Waals surface area contributed by atoms with Crippen LogP contribution in [0.25, 0.3) is 0 Å². The number of carbonyl (C=O) groups excluding carboxylic acids is 1. The highest BCUT2D eigenvalue weighted by Crippen LogP contribution is 2.38. The molecule has 6 atom stereocenters. The van der Waals surface area contributed by atoms with E-state index in [1.807, 2.05) is 0 Å². The summed E-state index contributed by atoms with van der Waals surface area (Å²) >= 11 is 0. The van der Waals surface area contributed by atoms with Crippen LogP contribution < -0.4 is 27.4 Å². The number of likely N-dealkylation sites (tertiary alicyclic amines) is 1. The number of nitrogens with zero attached hydrogens (tertiary/aromatic N) is 1. The van der Waals surface area contributed by atoms with Crippen molar-refractivity contribution in [2.75, 3.05) is 19.6 Å². The summed E-state index contributed by atoms with van der Waals surface area (Å²) in [6.45, 7) is 9.53. The van der Waals surface area contributed by atoms with Gasteiger partial charge >= 0.3 is 0 Å². The molecule has 2 saturated heterocycles. The summed E-state index contributed by atoms with van der Waals surface area (Å²) in [6.07, 6.45) is 7.05. The number of hydrogen-bond donors (Lipinski definition) is 5. The molecule has 7 N–H and O–H groups in total. The molecule has 7 heteroatoms. The van der Waals surface area contributed by atoms with Crippen molar-refractivity contribution >= 4 is 5.91 Å². The Kier molecular flexibility index (Phi) is 6.79. The molecule has 3 rings (SSSR count). The quantitative estimate of drug-likeness (QED) is 0.486. The van der Waals surface area contributed by atoms with Crippen molar-refractivity contribution in [3.63, 3.8) is 0 Å². The van der Waals surface area contributed by atoms with Gasteiger partial charge in [0.05, 0.1) is 12.1 Å². The largest absolute Gasteiger partial charge is 0.369 e. The van der Waals surface area contributed by atoms with Gasteiger partial charge in [-0.05, 0) is 43.4 Å².